The fourth-order valence-electron chi connectivity index (χ4n) is 1.81. The van der Waals surface area contributed by atoms with Crippen molar-refractivity contribution in [2.45, 2.75) is 0 Å². The Bertz CT molecular complexity index is 746. The molecule has 0 unspecified atom stereocenters. The zero-order valence-electron chi connectivity index (χ0n) is 9.77. The van der Waals surface area contributed by atoms with E-state index in [-0.39, 0.29) is 0 Å². The maximum atomic E-state index is 4.43. The third kappa shape index (κ3) is 2.71. The van der Waals surface area contributed by atoms with E-state index in [9.17, 15) is 0 Å². The second kappa shape index (κ2) is 5.42. The third-order valence-corrected chi connectivity index (χ3v) is 4.06. The van der Waals surface area contributed by atoms with Crippen LogP contribution in [0.1, 0.15) is 0 Å². The lowest BCUT2D eigenvalue weighted by molar-refractivity contribution is 1.32. The van der Waals surface area contributed by atoms with E-state index in [2.05, 4.69) is 59.9 Å². The SMILES string of the molecule is Brc1cnc2c(Nc3ccccc3I)ccnc2c1. The van der Waals surface area contributed by atoms with Crippen LogP contribution in [-0.2, 0) is 0 Å². The summed E-state index contributed by atoms with van der Waals surface area (Å²) in [5, 5.41) is 3.41. The maximum Gasteiger partial charge on any atom is 0.112 e. The monoisotopic (exact) mass is 425 g/mol. The molecule has 2 heterocycles. The molecule has 0 aliphatic carbocycles. The minimum Gasteiger partial charge on any atom is -0.353 e. The minimum absolute atomic E-state index is 0.866. The van der Waals surface area contributed by atoms with Crippen LogP contribution in [-0.4, -0.2) is 9.97 Å². The number of hydrogen-bond donors (Lipinski definition) is 1. The lowest BCUT2D eigenvalue weighted by Crippen LogP contribution is -1.95. The van der Waals surface area contributed by atoms with Gasteiger partial charge in [0.2, 0.25) is 0 Å². The number of benzene rings is 1. The van der Waals surface area contributed by atoms with Gasteiger partial charge < -0.3 is 5.32 Å². The van der Waals surface area contributed by atoms with E-state index in [4.69, 9.17) is 0 Å². The molecule has 5 heteroatoms. The Balaban J connectivity index is 2.09. The Kier molecular flexibility index (Phi) is 3.65. The highest BCUT2D eigenvalue weighted by molar-refractivity contribution is 14.1. The lowest BCUT2D eigenvalue weighted by Gasteiger charge is -2.10. The van der Waals surface area contributed by atoms with E-state index < -0.39 is 0 Å². The molecule has 0 spiro atoms. The van der Waals surface area contributed by atoms with Crippen molar-refractivity contribution in [1.29, 1.82) is 0 Å². The summed E-state index contributed by atoms with van der Waals surface area (Å²) < 4.78 is 2.10. The van der Waals surface area contributed by atoms with Crippen LogP contribution in [0.25, 0.3) is 11.0 Å². The highest BCUT2D eigenvalue weighted by Crippen LogP contribution is 2.27. The Hall–Kier alpha value is -1.21. The van der Waals surface area contributed by atoms with E-state index in [1.165, 1.54) is 3.57 Å². The van der Waals surface area contributed by atoms with Gasteiger partial charge in [0.05, 0.1) is 16.9 Å². The first-order valence-electron chi connectivity index (χ1n) is 5.66. The summed E-state index contributed by atoms with van der Waals surface area (Å²) in [6.07, 6.45) is 3.57. The van der Waals surface area contributed by atoms with Gasteiger partial charge in [-0.15, -0.1) is 0 Å². The number of aromatic nitrogens is 2. The van der Waals surface area contributed by atoms with Gasteiger partial charge in [0.15, 0.2) is 0 Å². The standard InChI is InChI=1S/C14H9BrIN3/c15-9-7-13-14(18-8-9)12(5-6-17-13)19-11-4-2-1-3-10(11)16/h1-8H,(H,17,19). The predicted octanol–water partition coefficient (Wildman–Crippen LogP) is 4.74. The van der Waals surface area contributed by atoms with Crippen molar-refractivity contribution in [3.63, 3.8) is 0 Å². The van der Waals surface area contributed by atoms with Crippen molar-refractivity contribution in [3.8, 4) is 0 Å². The van der Waals surface area contributed by atoms with Crippen LogP contribution in [0.2, 0.25) is 0 Å². The number of anilines is 2. The molecule has 0 aliphatic heterocycles. The van der Waals surface area contributed by atoms with Crippen LogP contribution in [0.15, 0.2) is 53.3 Å². The molecule has 0 saturated heterocycles. The fraction of sp³-hybridized carbons (Fsp3) is 0. The zero-order valence-corrected chi connectivity index (χ0v) is 13.5. The third-order valence-electron chi connectivity index (χ3n) is 2.69. The highest BCUT2D eigenvalue weighted by atomic mass is 127. The first-order valence-corrected chi connectivity index (χ1v) is 7.53. The summed E-state index contributed by atoms with van der Waals surface area (Å²) in [7, 11) is 0. The summed E-state index contributed by atoms with van der Waals surface area (Å²) in [6, 6.07) is 12.0. The Morgan fingerprint density at radius 2 is 1.89 bits per heavy atom. The molecule has 0 aliphatic rings. The summed E-state index contributed by atoms with van der Waals surface area (Å²) in [6.45, 7) is 0. The summed E-state index contributed by atoms with van der Waals surface area (Å²) in [5.74, 6) is 0. The molecule has 3 rings (SSSR count). The normalized spacial score (nSPS) is 10.6. The largest absolute Gasteiger partial charge is 0.353 e. The van der Waals surface area contributed by atoms with Gasteiger partial charge in [-0.2, -0.15) is 0 Å². The molecule has 0 saturated carbocycles. The number of pyridine rings is 2. The van der Waals surface area contributed by atoms with Crippen LogP contribution in [0.5, 0.6) is 0 Å². The molecule has 0 fully saturated rings. The van der Waals surface area contributed by atoms with Crippen molar-refractivity contribution < 1.29 is 0 Å². The predicted molar refractivity (Wildman–Crippen MR) is 89.7 cm³/mol. The molecule has 1 aromatic carbocycles. The number of rotatable bonds is 2. The molecule has 0 atom stereocenters. The van der Waals surface area contributed by atoms with Crippen LogP contribution in [0, 0.1) is 3.57 Å². The van der Waals surface area contributed by atoms with E-state index in [1.54, 1.807) is 12.4 Å². The fourth-order valence-corrected chi connectivity index (χ4v) is 2.66. The van der Waals surface area contributed by atoms with E-state index in [1.807, 2.05) is 30.3 Å². The number of hydrogen-bond acceptors (Lipinski definition) is 3. The van der Waals surface area contributed by atoms with Crippen LogP contribution in [0.4, 0.5) is 11.4 Å². The molecule has 2 aromatic heterocycles. The number of fused-ring (bicyclic) bond motifs is 1. The molecular weight excluding hydrogens is 417 g/mol. The van der Waals surface area contributed by atoms with Gasteiger partial charge in [0.25, 0.3) is 0 Å². The van der Waals surface area contributed by atoms with Crippen LogP contribution in [0.3, 0.4) is 0 Å². The number of halogens is 2. The van der Waals surface area contributed by atoms with Crippen LogP contribution >= 0.6 is 38.5 Å². The smallest absolute Gasteiger partial charge is 0.112 e. The first kappa shape index (κ1) is 12.8. The van der Waals surface area contributed by atoms with Gasteiger partial charge in [-0.25, -0.2) is 0 Å². The highest BCUT2D eigenvalue weighted by Gasteiger charge is 2.05. The van der Waals surface area contributed by atoms with Crippen molar-refractivity contribution in [1.82, 2.24) is 9.97 Å². The topological polar surface area (TPSA) is 37.8 Å². The molecule has 0 amide bonds. The molecule has 3 nitrogen and oxygen atoms in total. The molecule has 1 N–H and O–H groups in total. The Morgan fingerprint density at radius 3 is 2.74 bits per heavy atom. The van der Waals surface area contributed by atoms with Gasteiger partial charge in [0, 0.05) is 20.4 Å². The van der Waals surface area contributed by atoms with E-state index in [0.29, 0.717) is 0 Å². The van der Waals surface area contributed by atoms with Crippen molar-refractivity contribution in [2.75, 3.05) is 5.32 Å². The molecule has 19 heavy (non-hydrogen) atoms. The average molecular weight is 426 g/mol. The number of para-hydroxylation sites is 1. The van der Waals surface area contributed by atoms with E-state index in [0.717, 1.165) is 26.9 Å². The summed E-state index contributed by atoms with van der Waals surface area (Å²) >= 11 is 5.72. The van der Waals surface area contributed by atoms with Gasteiger partial charge >= 0.3 is 0 Å². The molecule has 0 bridgehead atoms. The second-order valence-corrected chi connectivity index (χ2v) is 6.06. The average Bonchev–Trinajstić information content (AvgIpc) is 2.41. The van der Waals surface area contributed by atoms with Gasteiger partial charge in [-0.05, 0) is 62.8 Å². The van der Waals surface area contributed by atoms with Crippen molar-refractivity contribution >= 4 is 60.9 Å². The second-order valence-electron chi connectivity index (χ2n) is 3.98. The quantitative estimate of drug-likeness (QED) is 0.602. The maximum absolute atomic E-state index is 4.43. The first-order chi connectivity index (χ1) is 9.24. The number of nitrogens with zero attached hydrogens (tertiary/aromatic N) is 2. The Morgan fingerprint density at radius 1 is 1.05 bits per heavy atom. The zero-order chi connectivity index (χ0) is 13.2. The lowest BCUT2D eigenvalue weighted by atomic mass is 10.2. The Labute approximate surface area is 132 Å². The van der Waals surface area contributed by atoms with Crippen LogP contribution < -0.4 is 5.32 Å². The minimum atomic E-state index is 0.866. The van der Waals surface area contributed by atoms with Gasteiger partial charge in [-0.3, -0.25) is 9.97 Å². The van der Waals surface area contributed by atoms with Crippen molar-refractivity contribution in [3.05, 3.63) is 56.8 Å². The summed E-state index contributed by atoms with van der Waals surface area (Å²) in [5.41, 5.74) is 3.76. The summed E-state index contributed by atoms with van der Waals surface area (Å²) in [4.78, 5) is 8.76. The van der Waals surface area contributed by atoms with Gasteiger partial charge in [0.1, 0.15) is 5.52 Å². The number of nitrogens with one attached hydrogen (secondary N) is 1. The van der Waals surface area contributed by atoms with Crippen molar-refractivity contribution in [2.24, 2.45) is 0 Å². The molecule has 94 valence electrons. The molecule has 3 aromatic rings. The molecule has 0 radical (unpaired) electrons. The van der Waals surface area contributed by atoms with Gasteiger partial charge in [-0.1, -0.05) is 12.1 Å². The molecular formula is C14H9BrIN3. The van der Waals surface area contributed by atoms with E-state index >= 15 is 0 Å².